The number of rotatable bonds is 4. The summed E-state index contributed by atoms with van der Waals surface area (Å²) >= 11 is 0. The molecule has 2 aromatic heterocycles. The lowest BCUT2D eigenvalue weighted by Crippen LogP contribution is -2.40. The SMILES string of the molecule is CCNCC1CCN(C(=O)c2cc(C)nc3onc(C)c23)CC1. The Hall–Kier alpha value is -1.95. The van der Waals surface area contributed by atoms with Crippen molar-refractivity contribution in [1.29, 1.82) is 0 Å². The third-order valence-electron chi connectivity index (χ3n) is 4.56. The molecular formula is C17H24N4O2. The molecule has 124 valence electrons. The first-order valence-corrected chi connectivity index (χ1v) is 8.33. The van der Waals surface area contributed by atoms with Crippen molar-refractivity contribution in [2.75, 3.05) is 26.2 Å². The summed E-state index contributed by atoms with van der Waals surface area (Å²) in [6.07, 6.45) is 2.10. The van der Waals surface area contributed by atoms with Gasteiger partial charge in [-0.05, 0) is 51.8 Å². The molecule has 6 nitrogen and oxygen atoms in total. The first-order chi connectivity index (χ1) is 11.1. The number of carbonyl (C=O) groups is 1. The fraction of sp³-hybridized carbons (Fsp3) is 0.588. The van der Waals surface area contributed by atoms with Gasteiger partial charge in [0, 0.05) is 18.8 Å². The van der Waals surface area contributed by atoms with Gasteiger partial charge < -0.3 is 14.7 Å². The highest BCUT2D eigenvalue weighted by molar-refractivity contribution is 6.06. The lowest BCUT2D eigenvalue weighted by molar-refractivity contribution is 0.0692. The molecule has 1 fully saturated rings. The van der Waals surface area contributed by atoms with Crippen LogP contribution in [0.15, 0.2) is 10.6 Å². The van der Waals surface area contributed by atoms with Gasteiger partial charge in [-0.15, -0.1) is 0 Å². The number of aryl methyl sites for hydroxylation is 2. The van der Waals surface area contributed by atoms with Gasteiger partial charge in [0.15, 0.2) is 0 Å². The second-order valence-electron chi connectivity index (χ2n) is 6.30. The molecule has 1 N–H and O–H groups in total. The van der Waals surface area contributed by atoms with Crippen LogP contribution in [0.2, 0.25) is 0 Å². The third kappa shape index (κ3) is 3.22. The minimum absolute atomic E-state index is 0.0636. The Morgan fingerprint density at radius 3 is 2.83 bits per heavy atom. The Labute approximate surface area is 136 Å². The van der Waals surface area contributed by atoms with E-state index in [4.69, 9.17) is 4.52 Å². The van der Waals surface area contributed by atoms with Crippen molar-refractivity contribution in [3.63, 3.8) is 0 Å². The predicted molar refractivity (Wildman–Crippen MR) is 88.4 cm³/mol. The molecule has 0 bridgehead atoms. The number of pyridine rings is 1. The van der Waals surface area contributed by atoms with Crippen LogP contribution in [0.4, 0.5) is 0 Å². The van der Waals surface area contributed by atoms with Crippen LogP contribution in [0.3, 0.4) is 0 Å². The number of carbonyl (C=O) groups excluding carboxylic acids is 1. The Kier molecular flexibility index (Phi) is 4.61. The van der Waals surface area contributed by atoms with Gasteiger partial charge in [0.1, 0.15) is 0 Å². The van der Waals surface area contributed by atoms with E-state index < -0.39 is 0 Å². The molecule has 6 heteroatoms. The summed E-state index contributed by atoms with van der Waals surface area (Å²) in [5.74, 6) is 0.726. The van der Waals surface area contributed by atoms with Gasteiger partial charge in [0.25, 0.3) is 11.6 Å². The maximum Gasteiger partial charge on any atom is 0.258 e. The van der Waals surface area contributed by atoms with Crippen molar-refractivity contribution in [2.24, 2.45) is 5.92 Å². The average molecular weight is 316 g/mol. The van der Waals surface area contributed by atoms with Gasteiger partial charge in [-0.3, -0.25) is 4.79 Å². The minimum Gasteiger partial charge on any atom is -0.339 e. The number of fused-ring (bicyclic) bond motifs is 1. The van der Waals surface area contributed by atoms with Crippen molar-refractivity contribution < 1.29 is 9.32 Å². The molecule has 0 unspecified atom stereocenters. The Balaban J connectivity index is 1.78. The van der Waals surface area contributed by atoms with E-state index in [0.29, 0.717) is 17.2 Å². The van der Waals surface area contributed by atoms with Crippen LogP contribution in [-0.2, 0) is 0 Å². The van der Waals surface area contributed by atoms with Crippen LogP contribution in [-0.4, -0.2) is 47.1 Å². The molecule has 0 radical (unpaired) electrons. The van der Waals surface area contributed by atoms with E-state index >= 15 is 0 Å². The highest BCUT2D eigenvalue weighted by atomic mass is 16.5. The van der Waals surface area contributed by atoms with Crippen LogP contribution in [0.25, 0.3) is 11.1 Å². The monoisotopic (exact) mass is 316 g/mol. The Morgan fingerprint density at radius 1 is 1.39 bits per heavy atom. The van der Waals surface area contributed by atoms with Crippen molar-refractivity contribution in [2.45, 2.75) is 33.6 Å². The summed E-state index contributed by atoms with van der Waals surface area (Å²) in [7, 11) is 0. The van der Waals surface area contributed by atoms with Crippen LogP contribution >= 0.6 is 0 Å². The standard InChI is InChI=1S/C17H24N4O2/c1-4-18-10-13-5-7-21(8-6-13)17(22)14-9-11(2)19-16-15(14)12(3)20-23-16/h9,13,18H,4-8,10H2,1-3H3. The molecule has 2 aromatic rings. The van der Waals surface area contributed by atoms with Crippen LogP contribution in [0, 0.1) is 19.8 Å². The molecule has 0 atom stereocenters. The second-order valence-corrected chi connectivity index (χ2v) is 6.30. The van der Waals surface area contributed by atoms with Gasteiger partial charge in [-0.1, -0.05) is 12.1 Å². The van der Waals surface area contributed by atoms with Crippen molar-refractivity contribution >= 4 is 17.0 Å². The topological polar surface area (TPSA) is 71.3 Å². The quantitative estimate of drug-likeness (QED) is 0.937. The number of piperidine rings is 1. The van der Waals surface area contributed by atoms with Crippen molar-refractivity contribution in [3.05, 3.63) is 23.0 Å². The molecule has 1 aliphatic rings. The summed E-state index contributed by atoms with van der Waals surface area (Å²) in [5, 5.41) is 8.10. The molecule has 0 aliphatic carbocycles. The molecule has 1 amide bonds. The largest absolute Gasteiger partial charge is 0.339 e. The van der Waals surface area contributed by atoms with Gasteiger partial charge >= 0.3 is 0 Å². The lowest BCUT2D eigenvalue weighted by atomic mass is 9.96. The van der Waals surface area contributed by atoms with Crippen molar-refractivity contribution in [1.82, 2.24) is 20.4 Å². The second kappa shape index (κ2) is 6.66. The molecule has 0 saturated carbocycles. The normalized spacial score (nSPS) is 16.2. The highest BCUT2D eigenvalue weighted by Gasteiger charge is 2.26. The minimum atomic E-state index is 0.0636. The zero-order valence-corrected chi connectivity index (χ0v) is 14.1. The van der Waals surface area contributed by atoms with E-state index in [1.807, 2.05) is 24.8 Å². The summed E-state index contributed by atoms with van der Waals surface area (Å²) in [6.45, 7) is 9.50. The van der Waals surface area contributed by atoms with E-state index in [2.05, 4.69) is 22.4 Å². The number of hydrogen-bond donors (Lipinski definition) is 1. The molecule has 1 aliphatic heterocycles. The van der Waals surface area contributed by atoms with Gasteiger partial charge in [0.05, 0.1) is 16.6 Å². The summed E-state index contributed by atoms with van der Waals surface area (Å²) in [5.41, 5.74) is 2.61. The van der Waals surface area contributed by atoms with Crippen LogP contribution in [0.1, 0.15) is 41.5 Å². The molecule has 23 heavy (non-hydrogen) atoms. The van der Waals surface area contributed by atoms with Crippen LogP contribution in [0.5, 0.6) is 0 Å². The van der Waals surface area contributed by atoms with E-state index in [-0.39, 0.29) is 5.91 Å². The first kappa shape index (κ1) is 15.9. The van der Waals surface area contributed by atoms with Crippen LogP contribution < -0.4 is 5.32 Å². The average Bonchev–Trinajstić information content (AvgIpc) is 2.93. The van der Waals surface area contributed by atoms with E-state index in [9.17, 15) is 4.79 Å². The van der Waals surface area contributed by atoms with Gasteiger partial charge in [0.2, 0.25) is 0 Å². The highest BCUT2D eigenvalue weighted by Crippen LogP contribution is 2.25. The Morgan fingerprint density at radius 2 is 2.13 bits per heavy atom. The molecule has 3 rings (SSSR count). The van der Waals surface area contributed by atoms with Gasteiger partial charge in [-0.2, -0.15) is 0 Å². The summed E-state index contributed by atoms with van der Waals surface area (Å²) < 4.78 is 5.23. The number of amides is 1. The number of likely N-dealkylation sites (tertiary alicyclic amines) is 1. The van der Waals surface area contributed by atoms with Gasteiger partial charge in [-0.25, -0.2) is 4.98 Å². The summed E-state index contributed by atoms with van der Waals surface area (Å²) in [4.78, 5) is 19.2. The van der Waals surface area contributed by atoms with E-state index in [1.54, 1.807) is 0 Å². The van der Waals surface area contributed by atoms with Crippen molar-refractivity contribution in [3.8, 4) is 0 Å². The molecule has 0 spiro atoms. The fourth-order valence-corrected chi connectivity index (χ4v) is 3.25. The first-order valence-electron chi connectivity index (χ1n) is 8.33. The smallest absolute Gasteiger partial charge is 0.258 e. The molecule has 1 saturated heterocycles. The summed E-state index contributed by atoms with van der Waals surface area (Å²) in [6, 6.07) is 1.85. The predicted octanol–water partition coefficient (Wildman–Crippen LogP) is 2.30. The third-order valence-corrected chi connectivity index (χ3v) is 4.56. The molecular weight excluding hydrogens is 292 g/mol. The van der Waals surface area contributed by atoms with E-state index in [1.165, 1.54) is 0 Å². The lowest BCUT2D eigenvalue weighted by Gasteiger charge is -2.32. The number of hydrogen-bond acceptors (Lipinski definition) is 5. The number of nitrogens with zero attached hydrogens (tertiary/aromatic N) is 3. The maximum absolute atomic E-state index is 12.9. The molecule has 3 heterocycles. The Bertz CT molecular complexity index is 702. The maximum atomic E-state index is 12.9. The molecule has 0 aromatic carbocycles. The van der Waals surface area contributed by atoms with E-state index in [0.717, 1.165) is 55.8 Å². The fourth-order valence-electron chi connectivity index (χ4n) is 3.25. The zero-order chi connectivity index (χ0) is 16.4. The number of nitrogens with one attached hydrogen (secondary N) is 1. The number of aromatic nitrogens is 2. The zero-order valence-electron chi connectivity index (χ0n) is 14.1.